The molecule has 2 rings (SSSR count). The maximum absolute atomic E-state index is 12.6. The van der Waals surface area contributed by atoms with Crippen LogP contribution in [0.5, 0.6) is 28.7 Å². The van der Waals surface area contributed by atoms with Crippen molar-refractivity contribution in [2.24, 2.45) is 5.10 Å². The Morgan fingerprint density at radius 3 is 2.17 bits per heavy atom. The fraction of sp³-hybridized carbons (Fsp3) is 0.333. The van der Waals surface area contributed by atoms with E-state index in [9.17, 15) is 9.90 Å². The molecule has 2 aromatic rings. The van der Waals surface area contributed by atoms with Gasteiger partial charge in [0.1, 0.15) is 0 Å². The fourth-order valence-corrected chi connectivity index (χ4v) is 2.52. The standard InChI is InChI=1S/C21H26N2O6/c1-5-27-18-11-15(12-19(28-6-2)20(18)29-7-3)21(25)23-22-13-14-8-9-16(24)17(10-14)26-4/h8-13,24H,5-7H2,1-4H3,(H,23,25)/b22-13+. The van der Waals surface area contributed by atoms with Gasteiger partial charge in [-0.1, -0.05) is 0 Å². The molecule has 0 heterocycles. The summed E-state index contributed by atoms with van der Waals surface area (Å²) in [5.74, 6) is 1.23. The molecule has 8 nitrogen and oxygen atoms in total. The second-order valence-corrected chi connectivity index (χ2v) is 5.73. The molecule has 29 heavy (non-hydrogen) atoms. The van der Waals surface area contributed by atoms with Crippen molar-refractivity contribution in [2.75, 3.05) is 26.9 Å². The molecule has 0 aliphatic carbocycles. The van der Waals surface area contributed by atoms with Crippen LogP contribution in [0.2, 0.25) is 0 Å². The number of carbonyl (C=O) groups excluding carboxylic acids is 1. The molecular formula is C21H26N2O6. The number of nitrogens with one attached hydrogen (secondary N) is 1. The number of rotatable bonds is 10. The van der Waals surface area contributed by atoms with Gasteiger partial charge in [-0.25, -0.2) is 5.43 Å². The summed E-state index contributed by atoms with van der Waals surface area (Å²) in [5.41, 5.74) is 3.43. The van der Waals surface area contributed by atoms with Crippen molar-refractivity contribution >= 4 is 12.1 Å². The maximum atomic E-state index is 12.6. The van der Waals surface area contributed by atoms with Gasteiger partial charge >= 0.3 is 0 Å². The molecule has 0 fully saturated rings. The van der Waals surface area contributed by atoms with Gasteiger partial charge in [-0.2, -0.15) is 5.10 Å². The first-order chi connectivity index (χ1) is 14.0. The number of hydrazone groups is 1. The quantitative estimate of drug-likeness (QED) is 0.467. The molecule has 2 aromatic carbocycles. The Morgan fingerprint density at radius 1 is 1.00 bits per heavy atom. The molecule has 1 amide bonds. The Kier molecular flexibility index (Phi) is 8.14. The number of phenolic OH excluding ortho intramolecular Hbond substituents is 1. The van der Waals surface area contributed by atoms with E-state index < -0.39 is 5.91 Å². The summed E-state index contributed by atoms with van der Waals surface area (Å²) in [6.07, 6.45) is 1.45. The minimum Gasteiger partial charge on any atom is -0.504 e. The van der Waals surface area contributed by atoms with Gasteiger partial charge < -0.3 is 24.1 Å². The minimum atomic E-state index is -0.433. The van der Waals surface area contributed by atoms with Crippen LogP contribution in [0.3, 0.4) is 0 Å². The Labute approximate surface area is 170 Å². The van der Waals surface area contributed by atoms with E-state index in [4.69, 9.17) is 18.9 Å². The lowest BCUT2D eigenvalue weighted by atomic mass is 10.1. The van der Waals surface area contributed by atoms with Crippen LogP contribution in [0.25, 0.3) is 0 Å². The zero-order valence-electron chi connectivity index (χ0n) is 17.0. The van der Waals surface area contributed by atoms with E-state index in [-0.39, 0.29) is 5.75 Å². The van der Waals surface area contributed by atoms with Crippen LogP contribution < -0.4 is 24.4 Å². The van der Waals surface area contributed by atoms with E-state index in [0.29, 0.717) is 53.9 Å². The number of nitrogens with zero attached hydrogens (tertiary/aromatic N) is 1. The Bertz CT molecular complexity index is 839. The highest BCUT2D eigenvalue weighted by molar-refractivity contribution is 5.96. The molecule has 0 radical (unpaired) electrons. The second kappa shape index (κ2) is 10.8. The van der Waals surface area contributed by atoms with Crippen molar-refractivity contribution in [3.8, 4) is 28.7 Å². The minimum absolute atomic E-state index is 0.0231. The number of hydrogen-bond donors (Lipinski definition) is 2. The van der Waals surface area contributed by atoms with Gasteiger partial charge in [-0.05, 0) is 56.7 Å². The van der Waals surface area contributed by atoms with Crippen molar-refractivity contribution in [1.29, 1.82) is 0 Å². The van der Waals surface area contributed by atoms with Crippen LogP contribution >= 0.6 is 0 Å². The van der Waals surface area contributed by atoms with E-state index >= 15 is 0 Å². The van der Waals surface area contributed by atoms with E-state index in [0.717, 1.165) is 0 Å². The monoisotopic (exact) mass is 402 g/mol. The first-order valence-corrected chi connectivity index (χ1v) is 9.30. The molecular weight excluding hydrogens is 376 g/mol. The highest BCUT2D eigenvalue weighted by Crippen LogP contribution is 2.39. The highest BCUT2D eigenvalue weighted by atomic mass is 16.5. The van der Waals surface area contributed by atoms with E-state index in [1.54, 1.807) is 24.3 Å². The predicted octanol–water partition coefficient (Wildman–Crippen LogP) is 3.36. The number of methoxy groups -OCH3 is 1. The summed E-state index contributed by atoms with van der Waals surface area (Å²) >= 11 is 0. The molecule has 0 aromatic heterocycles. The van der Waals surface area contributed by atoms with E-state index in [1.807, 2.05) is 20.8 Å². The number of hydrogen-bond acceptors (Lipinski definition) is 7. The Morgan fingerprint density at radius 2 is 1.62 bits per heavy atom. The lowest BCUT2D eigenvalue weighted by molar-refractivity contribution is 0.0954. The SMILES string of the molecule is CCOc1cc(C(=O)N/N=C/c2ccc(O)c(OC)c2)cc(OCC)c1OCC. The Balaban J connectivity index is 2.22. The fourth-order valence-electron chi connectivity index (χ4n) is 2.52. The summed E-state index contributed by atoms with van der Waals surface area (Å²) in [5, 5.41) is 13.6. The Hall–Kier alpha value is -3.42. The number of amides is 1. The molecule has 2 N–H and O–H groups in total. The average molecular weight is 402 g/mol. The summed E-state index contributed by atoms with van der Waals surface area (Å²) in [7, 11) is 1.45. The van der Waals surface area contributed by atoms with Gasteiger partial charge in [0.25, 0.3) is 5.91 Å². The van der Waals surface area contributed by atoms with E-state index in [1.165, 1.54) is 19.4 Å². The first kappa shape index (κ1) is 21.9. The molecule has 0 aliphatic rings. The van der Waals surface area contributed by atoms with Crippen LogP contribution in [-0.2, 0) is 0 Å². The molecule has 0 unspecified atom stereocenters. The smallest absolute Gasteiger partial charge is 0.271 e. The molecule has 0 bridgehead atoms. The predicted molar refractivity (Wildman–Crippen MR) is 110 cm³/mol. The normalized spacial score (nSPS) is 10.6. The largest absolute Gasteiger partial charge is 0.504 e. The van der Waals surface area contributed by atoms with Crippen LogP contribution in [-0.4, -0.2) is 44.2 Å². The molecule has 0 aliphatic heterocycles. The maximum Gasteiger partial charge on any atom is 0.271 e. The zero-order valence-corrected chi connectivity index (χ0v) is 17.0. The molecule has 0 atom stereocenters. The van der Waals surface area contributed by atoms with Gasteiger partial charge in [0.05, 0.1) is 33.1 Å². The van der Waals surface area contributed by atoms with Gasteiger partial charge in [0, 0.05) is 5.56 Å². The lowest BCUT2D eigenvalue weighted by Crippen LogP contribution is -2.18. The van der Waals surface area contributed by atoms with Gasteiger partial charge in [-0.3, -0.25) is 4.79 Å². The first-order valence-electron chi connectivity index (χ1n) is 9.30. The number of benzene rings is 2. The third kappa shape index (κ3) is 5.78. The second-order valence-electron chi connectivity index (χ2n) is 5.73. The average Bonchev–Trinajstić information content (AvgIpc) is 2.71. The molecule has 0 spiro atoms. The topological polar surface area (TPSA) is 98.6 Å². The van der Waals surface area contributed by atoms with Crippen LogP contribution in [0, 0.1) is 0 Å². The van der Waals surface area contributed by atoms with Gasteiger partial charge in [-0.15, -0.1) is 0 Å². The third-order valence-corrected chi connectivity index (χ3v) is 3.75. The lowest BCUT2D eigenvalue weighted by Gasteiger charge is -2.16. The zero-order chi connectivity index (χ0) is 21.2. The van der Waals surface area contributed by atoms with Crippen molar-refractivity contribution in [2.45, 2.75) is 20.8 Å². The summed E-state index contributed by atoms with van der Waals surface area (Å²) in [6.45, 7) is 6.82. The van der Waals surface area contributed by atoms with E-state index in [2.05, 4.69) is 10.5 Å². The number of ether oxygens (including phenoxy) is 4. The number of phenols is 1. The van der Waals surface area contributed by atoms with Crippen LogP contribution in [0.4, 0.5) is 0 Å². The number of carbonyl (C=O) groups is 1. The summed E-state index contributed by atoms with van der Waals surface area (Å²) in [4.78, 5) is 12.6. The van der Waals surface area contributed by atoms with Crippen molar-refractivity contribution in [1.82, 2.24) is 5.43 Å². The number of aromatic hydroxyl groups is 1. The van der Waals surface area contributed by atoms with Crippen LogP contribution in [0.1, 0.15) is 36.7 Å². The third-order valence-electron chi connectivity index (χ3n) is 3.75. The summed E-state index contributed by atoms with van der Waals surface area (Å²) < 4.78 is 21.9. The molecule has 0 saturated heterocycles. The highest BCUT2D eigenvalue weighted by Gasteiger charge is 2.18. The molecule has 0 saturated carbocycles. The van der Waals surface area contributed by atoms with Crippen molar-refractivity contribution in [3.05, 3.63) is 41.5 Å². The van der Waals surface area contributed by atoms with Crippen molar-refractivity contribution in [3.63, 3.8) is 0 Å². The van der Waals surface area contributed by atoms with Gasteiger partial charge in [0.2, 0.25) is 5.75 Å². The van der Waals surface area contributed by atoms with Gasteiger partial charge in [0.15, 0.2) is 23.0 Å². The van der Waals surface area contributed by atoms with Crippen molar-refractivity contribution < 1.29 is 28.8 Å². The molecule has 8 heteroatoms. The van der Waals surface area contributed by atoms with Crippen LogP contribution in [0.15, 0.2) is 35.4 Å². The summed E-state index contributed by atoms with van der Waals surface area (Å²) in [6, 6.07) is 7.90. The molecule has 156 valence electrons.